The van der Waals surface area contributed by atoms with Crippen molar-refractivity contribution in [2.75, 3.05) is 13.2 Å². The molecule has 0 aliphatic heterocycles. The first-order valence-electron chi connectivity index (χ1n) is 22.3. The molecular formula is C50H82O5. The Bertz CT molecular complexity index is 1090. The molecule has 0 aliphatic carbocycles. The molecule has 0 spiro atoms. The molecule has 0 aromatic carbocycles. The van der Waals surface area contributed by atoms with Crippen molar-refractivity contribution in [2.45, 2.75) is 193 Å². The molecule has 0 aromatic rings. The van der Waals surface area contributed by atoms with Crippen LogP contribution in [0.1, 0.15) is 187 Å². The van der Waals surface area contributed by atoms with E-state index in [-0.39, 0.29) is 25.2 Å². The maximum atomic E-state index is 12.2. The van der Waals surface area contributed by atoms with Crippen LogP contribution in [-0.2, 0) is 19.1 Å². The van der Waals surface area contributed by atoms with Gasteiger partial charge in [0.05, 0.1) is 6.61 Å². The molecule has 312 valence electrons. The zero-order valence-corrected chi connectivity index (χ0v) is 35.4. The molecule has 1 atom stereocenters. The Labute approximate surface area is 338 Å². The Hall–Kier alpha value is -3.18. The van der Waals surface area contributed by atoms with Crippen LogP contribution in [0.5, 0.6) is 0 Å². The van der Waals surface area contributed by atoms with Gasteiger partial charge in [0.2, 0.25) is 0 Å². The third kappa shape index (κ3) is 43.4. The van der Waals surface area contributed by atoms with E-state index in [1.54, 1.807) is 0 Å². The van der Waals surface area contributed by atoms with Gasteiger partial charge in [-0.2, -0.15) is 0 Å². The summed E-state index contributed by atoms with van der Waals surface area (Å²) < 4.78 is 10.6. The minimum absolute atomic E-state index is 0.0755. The number of rotatable bonds is 39. The van der Waals surface area contributed by atoms with Gasteiger partial charge in [0.1, 0.15) is 6.61 Å². The minimum Gasteiger partial charge on any atom is -0.462 e. The van der Waals surface area contributed by atoms with E-state index in [4.69, 9.17) is 9.47 Å². The van der Waals surface area contributed by atoms with Crippen LogP contribution < -0.4 is 0 Å². The fourth-order valence-corrected chi connectivity index (χ4v) is 5.80. The molecule has 0 rings (SSSR count). The fourth-order valence-electron chi connectivity index (χ4n) is 5.80. The van der Waals surface area contributed by atoms with Gasteiger partial charge in [0.25, 0.3) is 0 Å². The lowest BCUT2D eigenvalue weighted by Crippen LogP contribution is -2.28. The summed E-state index contributed by atoms with van der Waals surface area (Å²) in [6.07, 6.45) is 63.4. The van der Waals surface area contributed by atoms with Crippen molar-refractivity contribution in [3.63, 3.8) is 0 Å². The van der Waals surface area contributed by atoms with Crippen LogP contribution in [0.15, 0.2) is 97.2 Å². The first-order chi connectivity index (χ1) is 27.1. The summed E-state index contributed by atoms with van der Waals surface area (Å²) >= 11 is 0. The molecular weight excluding hydrogens is 681 g/mol. The van der Waals surface area contributed by atoms with E-state index in [0.29, 0.717) is 12.8 Å². The van der Waals surface area contributed by atoms with Gasteiger partial charge in [-0.05, 0) is 77.0 Å². The molecule has 1 N–H and O–H groups in total. The van der Waals surface area contributed by atoms with Gasteiger partial charge in [-0.25, -0.2) is 0 Å². The number of carbonyl (C=O) groups excluding carboxylic acids is 2. The Balaban J connectivity index is 3.63. The first kappa shape index (κ1) is 51.8. The number of ether oxygens (including phenoxy) is 2. The Morgan fingerprint density at radius 1 is 0.436 bits per heavy atom. The Kier molecular flexibility index (Phi) is 42.6. The van der Waals surface area contributed by atoms with Crippen molar-refractivity contribution < 1.29 is 24.2 Å². The quantitative estimate of drug-likeness (QED) is 0.0383. The summed E-state index contributed by atoms with van der Waals surface area (Å²) in [5.41, 5.74) is 0. The van der Waals surface area contributed by atoms with Gasteiger partial charge in [0.15, 0.2) is 6.10 Å². The molecule has 55 heavy (non-hydrogen) atoms. The Morgan fingerprint density at radius 2 is 0.782 bits per heavy atom. The summed E-state index contributed by atoms with van der Waals surface area (Å²) in [5, 5.41) is 9.55. The molecule has 0 radical (unpaired) electrons. The molecule has 0 heterocycles. The Morgan fingerprint density at radius 3 is 1.18 bits per heavy atom. The summed E-state index contributed by atoms with van der Waals surface area (Å²) in [6, 6.07) is 0. The lowest BCUT2D eigenvalue weighted by atomic mass is 10.1. The van der Waals surface area contributed by atoms with Gasteiger partial charge < -0.3 is 14.6 Å². The summed E-state index contributed by atoms with van der Waals surface area (Å²) in [5.74, 6) is -0.615. The topological polar surface area (TPSA) is 72.8 Å². The molecule has 0 aromatic heterocycles. The van der Waals surface area contributed by atoms with Crippen LogP contribution in [0.2, 0.25) is 0 Å². The van der Waals surface area contributed by atoms with Crippen LogP contribution in [-0.4, -0.2) is 36.4 Å². The molecule has 0 fully saturated rings. The lowest BCUT2D eigenvalue weighted by molar-refractivity contribution is -0.161. The highest BCUT2D eigenvalue weighted by Gasteiger charge is 2.16. The van der Waals surface area contributed by atoms with Crippen LogP contribution in [0.4, 0.5) is 0 Å². The largest absolute Gasteiger partial charge is 0.462 e. The van der Waals surface area contributed by atoms with E-state index in [1.165, 1.54) is 64.2 Å². The number of carbonyl (C=O) groups is 2. The van der Waals surface area contributed by atoms with E-state index in [0.717, 1.165) is 96.3 Å². The fraction of sp³-hybridized carbons (Fsp3) is 0.640. The molecule has 0 saturated carbocycles. The number of unbranched alkanes of at least 4 members (excludes halogenated alkanes) is 15. The smallest absolute Gasteiger partial charge is 0.306 e. The monoisotopic (exact) mass is 763 g/mol. The third-order valence-electron chi connectivity index (χ3n) is 9.14. The van der Waals surface area contributed by atoms with Crippen LogP contribution in [0, 0.1) is 0 Å². The van der Waals surface area contributed by atoms with Crippen LogP contribution in [0.25, 0.3) is 0 Å². The minimum atomic E-state index is -0.782. The number of hydrogen-bond donors (Lipinski definition) is 1. The van der Waals surface area contributed by atoms with Crippen molar-refractivity contribution >= 4 is 11.9 Å². The number of aliphatic hydroxyl groups is 1. The van der Waals surface area contributed by atoms with E-state index >= 15 is 0 Å². The maximum absolute atomic E-state index is 12.2. The van der Waals surface area contributed by atoms with Crippen molar-refractivity contribution in [2.24, 2.45) is 0 Å². The first-order valence-corrected chi connectivity index (χ1v) is 22.3. The second-order valence-corrected chi connectivity index (χ2v) is 14.4. The van der Waals surface area contributed by atoms with Crippen molar-refractivity contribution in [1.29, 1.82) is 0 Å². The predicted molar refractivity (Wildman–Crippen MR) is 237 cm³/mol. The summed E-state index contributed by atoms with van der Waals surface area (Å²) in [4.78, 5) is 24.2. The van der Waals surface area contributed by atoms with Gasteiger partial charge in [0, 0.05) is 12.8 Å². The highest BCUT2D eigenvalue weighted by molar-refractivity contribution is 5.70. The van der Waals surface area contributed by atoms with Gasteiger partial charge >= 0.3 is 11.9 Å². The van der Waals surface area contributed by atoms with E-state index < -0.39 is 6.10 Å². The molecule has 1 unspecified atom stereocenters. The normalized spacial score (nSPS) is 13.1. The number of aliphatic hydroxyl groups excluding tert-OH is 1. The number of esters is 2. The molecule has 0 bridgehead atoms. The van der Waals surface area contributed by atoms with Crippen molar-refractivity contribution in [3.05, 3.63) is 97.2 Å². The van der Waals surface area contributed by atoms with Gasteiger partial charge in [-0.1, -0.05) is 195 Å². The van der Waals surface area contributed by atoms with Crippen molar-refractivity contribution in [3.8, 4) is 0 Å². The van der Waals surface area contributed by atoms with E-state index in [1.807, 2.05) is 0 Å². The standard InChI is InChI=1S/C50H82O5/c1-3-5-7-9-11-13-15-16-17-18-19-20-21-22-23-24-25-26-27-28-29-30-31-32-33-34-35-37-39-41-43-45-50(53)55-48(46-51)47-54-49(52)44-42-40-38-36-14-12-10-8-6-4-2/h5,7,11,13,16-17,19-20,22-23,25-26,28-29,31-32,48,51H,3-4,6,8-10,12,14-15,18,21,24,27,30,33-47H2,1-2H3/b7-5-,13-11-,17-16-,20-19-,23-22-,26-25-,29-28-,32-31-. The molecule has 0 saturated heterocycles. The second kappa shape index (κ2) is 45.2. The zero-order chi connectivity index (χ0) is 40.0. The number of allylic oxidation sites excluding steroid dienone is 16. The number of hydrogen-bond acceptors (Lipinski definition) is 5. The summed E-state index contributed by atoms with van der Waals surface area (Å²) in [7, 11) is 0. The lowest BCUT2D eigenvalue weighted by Gasteiger charge is -2.15. The molecule has 5 nitrogen and oxygen atoms in total. The second-order valence-electron chi connectivity index (χ2n) is 14.4. The van der Waals surface area contributed by atoms with Gasteiger partial charge in [-0.3, -0.25) is 9.59 Å². The maximum Gasteiger partial charge on any atom is 0.306 e. The molecule has 0 amide bonds. The average Bonchev–Trinajstić information content (AvgIpc) is 3.19. The SMILES string of the molecule is CC/C=C\C/C=C\C/C=C\C/C=C\C/C=C\C/C=C\C/C=C\C/C=C\CCCCCCCCC(=O)OC(CO)COC(=O)CCCCCCCCCCCC. The van der Waals surface area contributed by atoms with Crippen molar-refractivity contribution in [1.82, 2.24) is 0 Å². The average molecular weight is 763 g/mol. The molecule has 0 aliphatic rings. The third-order valence-corrected chi connectivity index (χ3v) is 9.14. The highest BCUT2D eigenvalue weighted by Crippen LogP contribution is 2.13. The molecule has 5 heteroatoms. The summed E-state index contributed by atoms with van der Waals surface area (Å²) in [6.45, 7) is 3.98. The highest BCUT2D eigenvalue weighted by atomic mass is 16.6. The van der Waals surface area contributed by atoms with Gasteiger partial charge in [-0.15, -0.1) is 0 Å². The van der Waals surface area contributed by atoms with E-state index in [2.05, 4.69) is 111 Å². The van der Waals surface area contributed by atoms with Crippen LogP contribution in [0.3, 0.4) is 0 Å². The zero-order valence-electron chi connectivity index (χ0n) is 35.4. The van der Waals surface area contributed by atoms with E-state index in [9.17, 15) is 14.7 Å². The predicted octanol–water partition coefficient (Wildman–Crippen LogP) is 14.5. The van der Waals surface area contributed by atoms with Crippen LogP contribution >= 0.6 is 0 Å².